The molecule has 24 heavy (non-hydrogen) atoms. The van der Waals surface area contributed by atoms with E-state index < -0.39 is 33.5 Å². The van der Waals surface area contributed by atoms with Crippen LogP contribution in [0, 0.1) is 11.3 Å². The van der Waals surface area contributed by atoms with E-state index in [1.165, 1.54) is 6.08 Å². The van der Waals surface area contributed by atoms with Crippen molar-refractivity contribution < 1.29 is 31.7 Å². The highest BCUT2D eigenvalue weighted by molar-refractivity contribution is 8.14. The van der Waals surface area contributed by atoms with E-state index >= 15 is 0 Å². The molecule has 0 aromatic heterocycles. The number of esters is 1. The third-order valence-corrected chi connectivity index (χ3v) is 7.58. The van der Waals surface area contributed by atoms with E-state index in [4.69, 9.17) is 13.7 Å². The quantitative estimate of drug-likeness (QED) is 0.280. The second-order valence-electron chi connectivity index (χ2n) is 6.64. The van der Waals surface area contributed by atoms with Crippen LogP contribution >= 0.6 is 11.8 Å². The van der Waals surface area contributed by atoms with Crippen LogP contribution in [-0.2, 0) is 33.4 Å². The number of ether oxygens (including phenoxy) is 2. The van der Waals surface area contributed by atoms with Crippen molar-refractivity contribution in [2.75, 3.05) is 19.0 Å². The van der Waals surface area contributed by atoms with Crippen molar-refractivity contribution in [3.8, 4) is 0 Å². The van der Waals surface area contributed by atoms with Gasteiger partial charge in [-0.1, -0.05) is 25.3 Å². The van der Waals surface area contributed by atoms with Crippen LogP contribution in [0.1, 0.15) is 19.8 Å². The first-order valence-electron chi connectivity index (χ1n) is 7.75. The Hall–Kier alpha value is -0.900. The van der Waals surface area contributed by atoms with Gasteiger partial charge in [-0.25, -0.2) is 4.79 Å². The van der Waals surface area contributed by atoms with E-state index in [-0.39, 0.29) is 29.7 Å². The number of fused-ring (bicyclic) bond motifs is 1. The summed E-state index contributed by atoms with van der Waals surface area (Å²) in [6.45, 7) is 5.19. The first-order valence-corrected chi connectivity index (χ1v) is 10.2. The van der Waals surface area contributed by atoms with Gasteiger partial charge in [0.1, 0.15) is 19.3 Å². The summed E-state index contributed by atoms with van der Waals surface area (Å²) in [5.41, 5.74) is -0.282. The number of carbonyl (C=O) groups is 2. The predicted molar refractivity (Wildman–Crippen MR) is 86.8 cm³/mol. The average molecular weight is 376 g/mol. The van der Waals surface area contributed by atoms with E-state index in [9.17, 15) is 18.0 Å². The highest BCUT2D eigenvalue weighted by Crippen LogP contribution is 2.61. The molecule has 9 heteroatoms. The Bertz CT molecular complexity index is 659. The molecule has 0 spiro atoms. The molecule has 1 heterocycles. The lowest BCUT2D eigenvalue weighted by molar-refractivity contribution is -0.155. The van der Waals surface area contributed by atoms with Gasteiger partial charge in [0.15, 0.2) is 0 Å². The van der Waals surface area contributed by atoms with Gasteiger partial charge in [-0.2, -0.15) is 8.42 Å². The van der Waals surface area contributed by atoms with Gasteiger partial charge in [0.05, 0.1) is 11.4 Å². The number of carbonyl (C=O) groups excluding carboxylic acids is 2. The van der Waals surface area contributed by atoms with E-state index in [2.05, 4.69) is 6.58 Å². The summed E-state index contributed by atoms with van der Waals surface area (Å²) in [7, 11) is -3.51. The maximum atomic E-state index is 12.0. The molecule has 3 rings (SSSR count). The maximum Gasteiger partial charge on any atom is 0.332 e. The lowest BCUT2D eigenvalue weighted by Crippen LogP contribution is -2.42. The van der Waals surface area contributed by atoms with Crippen molar-refractivity contribution in [3.63, 3.8) is 0 Å². The molecule has 7 nitrogen and oxygen atoms in total. The maximum absolute atomic E-state index is 12.0. The Morgan fingerprint density at radius 3 is 2.88 bits per heavy atom. The molecule has 2 saturated carbocycles. The predicted octanol–water partition coefficient (Wildman–Crippen LogP) is 0.888. The normalized spacial score (nSPS) is 38.2. The topological polar surface area (TPSA) is 96.0 Å². The lowest BCUT2D eigenvalue weighted by Gasteiger charge is -2.32. The molecule has 0 amide bonds. The van der Waals surface area contributed by atoms with Gasteiger partial charge in [0.25, 0.3) is 10.1 Å². The van der Waals surface area contributed by atoms with Gasteiger partial charge in [-0.15, -0.1) is 0 Å². The Balaban J connectivity index is 1.47. The molecule has 2 aliphatic carbocycles. The number of thioether (sulfide) groups is 1. The summed E-state index contributed by atoms with van der Waals surface area (Å²) >= 11 is 1.02. The largest absolute Gasteiger partial charge is 0.463 e. The van der Waals surface area contributed by atoms with Gasteiger partial charge < -0.3 is 9.47 Å². The molecule has 5 atom stereocenters. The fourth-order valence-electron chi connectivity index (χ4n) is 4.06. The minimum atomic E-state index is -3.51. The third kappa shape index (κ3) is 3.14. The highest BCUT2D eigenvalue weighted by atomic mass is 32.2. The Morgan fingerprint density at radius 1 is 1.42 bits per heavy atom. The van der Waals surface area contributed by atoms with Gasteiger partial charge >= 0.3 is 5.97 Å². The smallest absolute Gasteiger partial charge is 0.332 e. The standard InChI is InChI=1S/C15H20O7S2/c1-3-12(17)23-5-4-20-11(16)8-21-14-13-9-6-15(14,2)7-10(9)24(18,19)22-13/h3,9-10,13-14H,1,4-8H2,2H3. The van der Waals surface area contributed by atoms with E-state index in [0.29, 0.717) is 12.2 Å². The minimum Gasteiger partial charge on any atom is -0.463 e. The van der Waals surface area contributed by atoms with Gasteiger partial charge in [-0.3, -0.25) is 8.98 Å². The zero-order valence-electron chi connectivity index (χ0n) is 13.3. The molecule has 0 N–H and O–H groups in total. The highest BCUT2D eigenvalue weighted by Gasteiger charge is 2.69. The third-order valence-electron chi connectivity index (χ3n) is 5.01. The summed E-state index contributed by atoms with van der Waals surface area (Å²) < 4.78 is 39.8. The van der Waals surface area contributed by atoms with Crippen LogP contribution in [0.4, 0.5) is 0 Å². The summed E-state index contributed by atoms with van der Waals surface area (Å²) in [6, 6.07) is 0. The average Bonchev–Trinajstić information content (AvgIpc) is 3.06. The van der Waals surface area contributed by atoms with Crippen LogP contribution in [0.2, 0.25) is 0 Å². The minimum absolute atomic E-state index is 0.0395. The Labute approximate surface area is 145 Å². The fourth-order valence-corrected chi connectivity index (χ4v) is 6.51. The second-order valence-corrected chi connectivity index (χ2v) is 9.52. The van der Waals surface area contributed by atoms with Crippen molar-refractivity contribution in [2.24, 2.45) is 11.3 Å². The molecule has 0 aromatic carbocycles. The molecule has 0 radical (unpaired) electrons. The SMILES string of the molecule is C=CC(=O)SCCOC(=O)COC1C2OS(=O)(=O)C3CC1(C)CC23. The second kappa shape index (κ2) is 6.44. The zero-order chi connectivity index (χ0) is 17.5. The molecule has 2 bridgehead atoms. The molecule has 3 fully saturated rings. The van der Waals surface area contributed by atoms with Crippen LogP contribution in [0.5, 0.6) is 0 Å². The molecule has 1 aliphatic heterocycles. The molecule has 1 saturated heterocycles. The monoisotopic (exact) mass is 376 g/mol. The van der Waals surface area contributed by atoms with E-state index in [1.54, 1.807) is 0 Å². The first-order chi connectivity index (χ1) is 11.3. The van der Waals surface area contributed by atoms with Crippen LogP contribution in [0.3, 0.4) is 0 Å². The van der Waals surface area contributed by atoms with Crippen LogP contribution in [-0.4, -0.2) is 55.9 Å². The molecule has 3 aliphatic rings. The number of rotatable bonds is 7. The lowest BCUT2D eigenvalue weighted by atomic mass is 9.82. The van der Waals surface area contributed by atoms with Crippen molar-refractivity contribution >= 4 is 33.0 Å². The van der Waals surface area contributed by atoms with E-state index in [1.807, 2.05) is 6.92 Å². The molecular weight excluding hydrogens is 356 g/mol. The van der Waals surface area contributed by atoms with Crippen molar-refractivity contribution in [3.05, 3.63) is 12.7 Å². The van der Waals surface area contributed by atoms with Gasteiger partial charge in [-0.05, 0) is 24.3 Å². The molecule has 0 aromatic rings. The summed E-state index contributed by atoms with van der Waals surface area (Å²) in [5.74, 6) is -0.223. The summed E-state index contributed by atoms with van der Waals surface area (Å²) in [6.07, 6.45) is 1.54. The molecular formula is C15H20O7S2. The first kappa shape index (κ1) is 17.9. The molecule has 134 valence electrons. The van der Waals surface area contributed by atoms with Crippen molar-refractivity contribution in [1.29, 1.82) is 0 Å². The van der Waals surface area contributed by atoms with Crippen LogP contribution in [0.15, 0.2) is 12.7 Å². The van der Waals surface area contributed by atoms with Gasteiger partial charge in [0.2, 0.25) is 5.12 Å². The fraction of sp³-hybridized carbons (Fsp3) is 0.733. The number of hydrogen-bond acceptors (Lipinski definition) is 8. The molecule has 5 unspecified atom stereocenters. The Morgan fingerprint density at radius 2 is 2.17 bits per heavy atom. The van der Waals surface area contributed by atoms with Crippen molar-refractivity contribution in [2.45, 2.75) is 37.2 Å². The van der Waals surface area contributed by atoms with Gasteiger partial charge in [0, 0.05) is 11.7 Å². The zero-order valence-corrected chi connectivity index (χ0v) is 14.9. The Kier molecular flexibility index (Phi) is 4.80. The summed E-state index contributed by atoms with van der Waals surface area (Å²) in [5, 5.41) is -0.606. The van der Waals surface area contributed by atoms with Crippen LogP contribution < -0.4 is 0 Å². The van der Waals surface area contributed by atoms with Crippen molar-refractivity contribution in [1.82, 2.24) is 0 Å². The summed E-state index contributed by atoms with van der Waals surface area (Å²) in [4.78, 5) is 22.7. The van der Waals surface area contributed by atoms with E-state index in [0.717, 1.165) is 18.2 Å². The van der Waals surface area contributed by atoms with Crippen LogP contribution in [0.25, 0.3) is 0 Å². The number of hydrogen-bond donors (Lipinski definition) is 0.